The van der Waals surface area contributed by atoms with E-state index in [0.29, 0.717) is 18.9 Å². The topological polar surface area (TPSA) is 64.1 Å². The van der Waals surface area contributed by atoms with Crippen LogP contribution >= 0.6 is 34.9 Å². The molecule has 8 heteroatoms. The van der Waals surface area contributed by atoms with Gasteiger partial charge in [-0.15, -0.1) is 10.2 Å². The standard InChI is InChI=1S/C10H17N3O2S3/c1-3-16-9-12-13-10(18-9)17-7-8(14)11-5-4-6-15-2/h3-7H2,1-2H3,(H,11,14). The minimum atomic E-state index is 0.0241. The number of carbonyl (C=O) groups is 1. The predicted molar refractivity (Wildman–Crippen MR) is 76.5 cm³/mol. The third-order valence-corrected chi connectivity index (χ3v) is 4.90. The molecule has 0 radical (unpaired) electrons. The van der Waals surface area contributed by atoms with Crippen LogP contribution in [-0.4, -0.2) is 47.9 Å². The number of rotatable bonds is 9. The number of amides is 1. The van der Waals surface area contributed by atoms with Gasteiger partial charge in [-0.2, -0.15) is 0 Å². The third kappa shape index (κ3) is 6.58. The molecule has 0 aliphatic heterocycles. The number of aromatic nitrogens is 2. The smallest absolute Gasteiger partial charge is 0.230 e. The van der Waals surface area contributed by atoms with Gasteiger partial charge < -0.3 is 10.1 Å². The van der Waals surface area contributed by atoms with E-state index in [0.717, 1.165) is 20.9 Å². The Balaban J connectivity index is 2.16. The monoisotopic (exact) mass is 307 g/mol. The summed E-state index contributed by atoms with van der Waals surface area (Å²) in [6.07, 6.45) is 0.836. The molecule has 0 aliphatic carbocycles. The molecule has 1 heterocycles. The lowest BCUT2D eigenvalue weighted by Gasteiger charge is -2.02. The molecule has 1 amide bonds. The molecule has 0 saturated carbocycles. The van der Waals surface area contributed by atoms with E-state index < -0.39 is 0 Å². The van der Waals surface area contributed by atoms with Crippen molar-refractivity contribution in [3.05, 3.63) is 0 Å². The molecule has 0 fully saturated rings. The fraction of sp³-hybridized carbons (Fsp3) is 0.700. The third-order valence-electron chi connectivity index (χ3n) is 1.83. The molecule has 5 nitrogen and oxygen atoms in total. The van der Waals surface area contributed by atoms with Crippen LogP contribution in [0.3, 0.4) is 0 Å². The van der Waals surface area contributed by atoms with E-state index in [9.17, 15) is 4.79 Å². The first-order valence-corrected chi connectivity index (χ1v) is 8.39. The SMILES string of the molecule is CCSc1nnc(SCC(=O)NCCCOC)s1. The molecule has 102 valence electrons. The molecule has 0 bridgehead atoms. The van der Waals surface area contributed by atoms with Crippen LogP contribution in [-0.2, 0) is 9.53 Å². The van der Waals surface area contributed by atoms with E-state index >= 15 is 0 Å². The normalized spacial score (nSPS) is 10.6. The van der Waals surface area contributed by atoms with Gasteiger partial charge in [-0.25, -0.2) is 0 Å². The van der Waals surface area contributed by atoms with Gasteiger partial charge in [-0.1, -0.05) is 41.8 Å². The molecule has 1 aromatic heterocycles. The van der Waals surface area contributed by atoms with Crippen LogP contribution in [0, 0.1) is 0 Å². The van der Waals surface area contributed by atoms with Gasteiger partial charge >= 0.3 is 0 Å². The summed E-state index contributed by atoms with van der Waals surface area (Å²) in [7, 11) is 1.65. The number of nitrogens with zero attached hydrogens (tertiary/aromatic N) is 2. The van der Waals surface area contributed by atoms with Gasteiger partial charge in [0.2, 0.25) is 5.91 Å². The fourth-order valence-corrected chi connectivity index (χ4v) is 3.81. The van der Waals surface area contributed by atoms with Crippen LogP contribution in [0.25, 0.3) is 0 Å². The number of methoxy groups -OCH3 is 1. The van der Waals surface area contributed by atoms with Crippen molar-refractivity contribution >= 4 is 40.8 Å². The summed E-state index contributed by atoms with van der Waals surface area (Å²) in [6, 6.07) is 0. The van der Waals surface area contributed by atoms with Gasteiger partial charge in [-0.05, 0) is 12.2 Å². The lowest BCUT2D eigenvalue weighted by Crippen LogP contribution is -2.26. The molecule has 0 atom stereocenters. The Morgan fingerprint density at radius 2 is 2.11 bits per heavy atom. The van der Waals surface area contributed by atoms with Gasteiger partial charge in [0.15, 0.2) is 8.68 Å². The van der Waals surface area contributed by atoms with Crippen LogP contribution in [0.15, 0.2) is 8.68 Å². The number of nitrogens with one attached hydrogen (secondary N) is 1. The molecule has 18 heavy (non-hydrogen) atoms. The van der Waals surface area contributed by atoms with Gasteiger partial charge in [0, 0.05) is 20.3 Å². The van der Waals surface area contributed by atoms with Crippen LogP contribution < -0.4 is 5.32 Å². The summed E-state index contributed by atoms with van der Waals surface area (Å²) in [5, 5.41) is 10.9. The number of ether oxygens (including phenoxy) is 1. The molecular formula is C10H17N3O2S3. The minimum absolute atomic E-state index is 0.0241. The quantitative estimate of drug-likeness (QED) is 0.555. The number of hydrogen-bond donors (Lipinski definition) is 1. The van der Waals surface area contributed by atoms with Crippen LogP contribution in [0.4, 0.5) is 0 Å². The summed E-state index contributed by atoms with van der Waals surface area (Å²) in [6.45, 7) is 3.40. The van der Waals surface area contributed by atoms with Gasteiger partial charge in [0.25, 0.3) is 0 Å². The van der Waals surface area contributed by atoms with Crippen molar-refractivity contribution < 1.29 is 9.53 Å². The molecule has 1 N–H and O–H groups in total. The molecular weight excluding hydrogens is 290 g/mol. The van der Waals surface area contributed by atoms with Crippen molar-refractivity contribution in [2.24, 2.45) is 0 Å². The zero-order valence-corrected chi connectivity index (χ0v) is 12.9. The summed E-state index contributed by atoms with van der Waals surface area (Å²) in [4.78, 5) is 11.5. The van der Waals surface area contributed by atoms with Gasteiger partial charge in [0.05, 0.1) is 5.75 Å². The Morgan fingerprint density at radius 3 is 2.78 bits per heavy atom. The average molecular weight is 307 g/mol. The minimum Gasteiger partial charge on any atom is -0.385 e. The number of hydrogen-bond acceptors (Lipinski definition) is 7. The Hall–Kier alpha value is -0.310. The predicted octanol–water partition coefficient (Wildman–Crippen LogP) is 1.89. The maximum atomic E-state index is 11.5. The second-order valence-corrected chi connectivity index (χ2v) is 6.96. The highest BCUT2D eigenvalue weighted by Crippen LogP contribution is 2.28. The highest BCUT2D eigenvalue weighted by atomic mass is 32.2. The lowest BCUT2D eigenvalue weighted by atomic mass is 10.4. The molecule has 0 spiro atoms. The summed E-state index contributed by atoms with van der Waals surface area (Å²) < 4.78 is 6.71. The second kappa shape index (κ2) is 9.60. The molecule has 0 aliphatic rings. The zero-order chi connectivity index (χ0) is 13.2. The summed E-state index contributed by atoms with van der Waals surface area (Å²) in [5.74, 6) is 1.40. The maximum Gasteiger partial charge on any atom is 0.230 e. The van der Waals surface area contributed by atoms with Crippen molar-refractivity contribution in [1.82, 2.24) is 15.5 Å². The first-order valence-electron chi connectivity index (χ1n) is 5.61. The van der Waals surface area contributed by atoms with Crippen LogP contribution in [0.1, 0.15) is 13.3 Å². The Kier molecular flexibility index (Phi) is 8.40. The van der Waals surface area contributed by atoms with E-state index in [1.165, 1.54) is 23.1 Å². The Labute approximate surface area is 119 Å². The van der Waals surface area contributed by atoms with E-state index in [-0.39, 0.29) is 5.91 Å². The van der Waals surface area contributed by atoms with Crippen molar-refractivity contribution in [2.45, 2.75) is 22.0 Å². The second-order valence-electron chi connectivity index (χ2n) is 3.25. The van der Waals surface area contributed by atoms with Crippen LogP contribution in [0.5, 0.6) is 0 Å². The van der Waals surface area contributed by atoms with Gasteiger partial charge in [0.1, 0.15) is 0 Å². The molecule has 1 aromatic rings. The largest absolute Gasteiger partial charge is 0.385 e. The van der Waals surface area contributed by atoms with Crippen molar-refractivity contribution in [1.29, 1.82) is 0 Å². The Morgan fingerprint density at radius 1 is 1.39 bits per heavy atom. The summed E-state index contributed by atoms with van der Waals surface area (Å²) >= 11 is 4.63. The molecule has 0 unspecified atom stereocenters. The maximum absolute atomic E-state index is 11.5. The molecule has 0 saturated heterocycles. The first kappa shape index (κ1) is 15.7. The molecule has 0 aromatic carbocycles. The van der Waals surface area contributed by atoms with E-state index in [4.69, 9.17) is 4.74 Å². The van der Waals surface area contributed by atoms with E-state index in [1.54, 1.807) is 18.9 Å². The van der Waals surface area contributed by atoms with E-state index in [2.05, 4.69) is 22.4 Å². The number of thioether (sulfide) groups is 2. The Bertz CT molecular complexity index is 360. The highest BCUT2D eigenvalue weighted by Gasteiger charge is 2.07. The lowest BCUT2D eigenvalue weighted by molar-refractivity contribution is -0.118. The van der Waals surface area contributed by atoms with Crippen molar-refractivity contribution in [2.75, 3.05) is 31.8 Å². The molecule has 1 rings (SSSR count). The number of carbonyl (C=O) groups excluding carboxylic acids is 1. The van der Waals surface area contributed by atoms with E-state index in [1.807, 2.05) is 0 Å². The fourth-order valence-electron chi connectivity index (χ4n) is 1.06. The highest BCUT2D eigenvalue weighted by molar-refractivity contribution is 8.03. The average Bonchev–Trinajstić information content (AvgIpc) is 2.80. The van der Waals surface area contributed by atoms with Gasteiger partial charge in [-0.3, -0.25) is 4.79 Å². The van der Waals surface area contributed by atoms with Crippen molar-refractivity contribution in [3.63, 3.8) is 0 Å². The van der Waals surface area contributed by atoms with Crippen LogP contribution in [0.2, 0.25) is 0 Å². The first-order chi connectivity index (χ1) is 8.76. The summed E-state index contributed by atoms with van der Waals surface area (Å²) in [5.41, 5.74) is 0. The zero-order valence-electron chi connectivity index (χ0n) is 10.5. The van der Waals surface area contributed by atoms with Crippen molar-refractivity contribution in [3.8, 4) is 0 Å².